The van der Waals surface area contributed by atoms with Gasteiger partial charge in [-0.1, -0.05) is 35.5 Å². The van der Waals surface area contributed by atoms with Crippen LogP contribution in [-0.4, -0.2) is 11.1 Å². The van der Waals surface area contributed by atoms with Crippen LogP contribution in [0.25, 0.3) is 0 Å². The molecule has 106 valence electrons. The minimum atomic E-state index is -0.370. The minimum Gasteiger partial charge on any atom is -0.467 e. The smallest absolute Gasteiger partial charge is 0.274 e. The van der Waals surface area contributed by atoms with Crippen LogP contribution in [0.15, 0.2) is 63.7 Å². The molecule has 0 aliphatic heterocycles. The molecule has 1 unspecified atom stereocenters. The van der Waals surface area contributed by atoms with Crippen molar-refractivity contribution in [2.75, 3.05) is 0 Å². The Kier molecular flexibility index (Phi) is 3.55. The van der Waals surface area contributed by atoms with Crippen molar-refractivity contribution in [2.45, 2.75) is 13.0 Å². The van der Waals surface area contributed by atoms with Crippen LogP contribution in [0.5, 0.6) is 0 Å². The molecular formula is C16H14N2O3. The number of nitrogens with zero attached hydrogens (tertiary/aromatic N) is 1. The summed E-state index contributed by atoms with van der Waals surface area (Å²) in [6.45, 7) is 1.74. The lowest BCUT2D eigenvalue weighted by molar-refractivity contribution is 0.0930. The van der Waals surface area contributed by atoms with Crippen LogP contribution in [0.4, 0.5) is 0 Å². The van der Waals surface area contributed by atoms with Gasteiger partial charge in [-0.25, -0.2) is 0 Å². The number of amides is 1. The molecule has 5 heteroatoms. The molecule has 0 aliphatic carbocycles. The summed E-state index contributed by atoms with van der Waals surface area (Å²) in [5.74, 6) is 0.946. The first-order valence-corrected chi connectivity index (χ1v) is 6.56. The molecule has 1 atom stereocenters. The number of aromatic nitrogens is 1. The fourth-order valence-corrected chi connectivity index (χ4v) is 2.10. The van der Waals surface area contributed by atoms with Crippen LogP contribution < -0.4 is 5.32 Å². The van der Waals surface area contributed by atoms with Gasteiger partial charge in [-0.3, -0.25) is 4.79 Å². The van der Waals surface area contributed by atoms with Crippen molar-refractivity contribution in [3.8, 4) is 0 Å². The molecule has 1 amide bonds. The van der Waals surface area contributed by atoms with Crippen molar-refractivity contribution >= 4 is 5.91 Å². The molecule has 3 aromatic rings. The molecular weight excluding hydrogens is 268 g/mol. The van der Waals surface area contributed by atoms with Crippen LogP contribution in [0.3, 0.4) is 0 Å². The number of carbonyl (C=O) groups excluding carboxylic acids is 1. The van der Waals surface area contributed by atoms with Crippen molar-refractivity contribution in [1.29, 1.82) is 0 Å². The topological polar surface area (TPSA) is 68.3 Å². The fourth-order valence-electron chi connectivity index (χ4n) is 2.10. The Morgan fingerprint density at radius 3 is 2.62 bits per heavy atom. The lowest BCUT2D eigenvalue weighted by atomic mass is 10.0. The summed E-state index contributed by atoms with van der Waals surface area (Å²) >= 11 is 0. The van der Waals surface area contributed by atoms with Crippen molar-refractivity contribution in [3.05, 3.63) is 77.6 Å². The first kappa shape index (κ1) is 13.2. The van der Waals surface area contributed by atoms with E-state index in [1.54, 1.807) is 25.3 Å². The van der Waals surface area contributed by atoms with Gasteiger partial charge in [-0.2, -0.15) is 0 Å². The first-order valence-electron chi connectivity index (χ1n) is 6.56. The third-order valence-electron chi connectivity index (χ3n) is 3.10. The highest BCUT2D eigenvalue weighted by Gasteiger charge is 2.21. The number of rotatable bonds is 4. The van der Waals surface area contributed by atoms with Crippen molar-refractivity contribution in [1.82, 2.24) is 10.5 Å². The molecule has 5 nitrogen and oxygen atoms in total. The van der Waals surface area contributed by atoms with Gasteiger partial charge in [0.25, 0.3) is 5.91 Å². The first-order chi connectivity index (χ1) is 10.2. The Morgan fingerprint density at radius 2 is 2.00 bits per heavy atom. The summed E-state index contributed by atoms with van der Waals surface area (Å²) in [5.41, 5.74) is 1.18. The van der Waals surface area contributed by atoms with Crippen molar-refractivity contribution in [3.63, 3.8) is 0 Å². The van der Waals surface area contributed by atoms with Crippen LogP contribution in [0.1, 0.15) is 33.6 Å². The number of benzene rings is 1. The molecule has 0 spiro atoms. The van der Waals surface area contributed by atoms with E-state index in [1.807, 2.05) is 36.4 Å². The van der Waals surface area contributed by atoms with Gasteiger partial charge >= 0.3 is 0 Å². The highest BCUT2D eigenvalue weighted by atomic mass is 16.5. The molecule has 2 heterocycles. The lowest BCUT2D eigenvalue weighted by Gasteiger charge is -2.16. The fraction of sp³-hybridized carbons (Fsp3) is 0.125. The molecule has 3 rings (SSSR count). The Labute approximate surface area is 121 Å². The molecule has 2 aromatic heterocycles. The van der Waals surface area contributed by atoms with Crippen LogP contribution in [-0.2, 0) is 0 Å². The summed E-state index contributed by atoms with van der Waals surface area (Å²) in [4.78, 5) is 12.3. The maximum absolute atomic E-state index is 12.3. The van der Waals surface area contributed by atoms with Crippen LogP contribution in [0, 0.1) is 6.92 Å². The molecule has 0 saturated heterocycles. The molecule has 0 fully saturated rings. The maximum Gasteiger partial charge on any atom is 0.274 e. The second-order valence-electron chi connectivity index (χ2n) is 4.66. The zero-order valence-electron chi connectivity index (χ0n) is 11.4. The molecule has 0 bridgehead atoms. The summed E-state index contributed by atoms with van der Waals surface area (Å²) in [7, 11) is 0. The highest BCUT2D eigenvalue weighted by molar-refractivity contribution is 5.92. The van der Waals surface area contributed by atoms with E-state index in [0.29, 0.717) is 11.5 Å². The molecule has 0 aliphatic rings. The number of carbonyl (C=O) groups is 1. The normalized spacial score (nSPS) is 12.0. The summed E-state index contributed by atoms with van der Waals surface area (Å²) in [6.07, 6.45) is 1.58. The van der Waals surface area contributed by atoms with E-state index in [-0.39, 0.29) is 17.6 Å². The van der Waals surface area contributed by atoms with E-state index in [0.717, 1.165) is 5.56 Å². The Bertz CT molecular complexity index is 717. The van der Waals surface area contributed by atoms with Gasteiger partial charge in [0.15, 0.2) is 5.69 Å². The van der Waals surface area contributed by atoms with Gasteiger partial charge in [-0.05, 0) is 24.6 Å². The summed E-state index contributed by atoms with van der Waals surface area (Å²) in [6, 6.07) is 14.5. The highest BCUT2D eigenvalue weighted by Crippen LogP contribution is 2.22. The molecule has 21 heavy (non-hydrogen) atoms. The predicted molar refractivity (Wildman–Crippen MR) is 75.7 cm³/mol. The second-order valence-corrected chi connectivity index (χ2v) is 4.66. The Morgan fingerprint density at radius 1 is 1.19 bits per heavy atom. The monoisotopic (exact) mass is 282 g/mol. The largest absolute Gasteiger partial charge is 0.467 e. The number of nitrogens with one attached hydrogen (secondary N) is 1. The van der Waals surface area contributed by atoms with E-state index < -0.39 is 0 Å². The Balaban J connectivity index is 1.88. The second kappa shape index (κ2) is 5.66. The number of hydrogen-bond donors (Lipinski definition) is 1. The van der Waals surface area contributed by atoms with Crippen molar-refractivity contribution < 1.29 is 13.7 Å². The van der Waals surface area contributed by atoms with Gasteiger partial charge in [-0.15, -0.1) is 0 Å². The third kappa shape index (κ3) is 2.86. The number of aryl methyl sites for hydroxylation is 1. The van der Waals surface area contributed by atoms with Gasteiger partial charge in [0.1, 0.15) is 17.6 Å². The summed E-state index contributed by atoms with van der Waals surface area (Å²) < 4.78 is 10.4. The quantitative estimate of drug-likeness (QED) is 0.798. The van der Waals surface area contributed by atoms with E-state index >= 15 is 0 Å². The number of hydrogen-bond acceptors (Lipinski definition) is 4. The van der Waals surface area contributed by atoms with Crippen LogP contribution in [0.2, 0.25) is 0 Å². The van der Waals surface area contributed by atoms with Crippen molar-refractivity contribution in [2.24, 2.45) is 0 Å². The Hall–Kier alpha value is -2.82. The van der Waals surface area contributed by atoms with E-state index in [1.165, 1.54) is 0 Å². The third-order valence-corrected chi connectivity index (χ3v) is 3.10. The van der Waals surface area contributed by atoms with E-state index in [2.05, 4.69) is 10.5 Å². The van der Waals surface area contributed by atoms with Gasteiger partial charge < -0.3 is 14.3 Å². The molecule has 1 aromatic carbocycles. The summed E-state index contributed by atoms with van der Waals surface area (Å²) in [5, 5.41) is 6.64. The van der Waals surface area contributed by atoms with Gasteiger partial charge in [0, 0.05) is 6.07 Å². The zero-order valence-corrected chi connectivity index (χ0v) is 11.4. The average Bonchev–Trinajstić information content (AvgIpc) is 3.17. The zero-order chi connectivity index (χ0) is 14.7. The maximum atomic E-state index is 12.3. The molecule has 0 saturated carbocycles. The van der Waals surface area contributed by atoms with Crippen LogP contribution >= 0.6 is 0 Å². The predicted octanol–water partition coefficient (Wildman–Crippen LogP) is 3.10. The molecule has 1 N–H and O–H groups in total. The molecule has 0 radical (unpaired) electrons. The van der Waals surface area contributed by atoms with Gasteiger partial charge in [0.05, 0.1) is 6.26 Å². The van der Waals surface area contributed by atoms with Gasteiger partial charge in [0.2, 0.25) is 0 Å². The van der Waals surface area contributed by atoms with E-state index in [9.17, 15) is 4.79 Å². The van der Waals surface area contributed by atoms with E-state index in [4.69, 9.17) is 8.94 Å². The number of furan rings is 1. The minimum absolute atomic E-state index is 0.250. The SMILES string of the molecule is Cc1cc(C(=O)NC(c2ccccc2)c2ccco2)no1. The standard InChI is InChI=1S/C16H14N2O3/c1-11-10-13(18-21-11)16(19)17-15(14-8-5-9-20-14)12-6-3-2-4-7-12/h2-10,15H,1H3,(H,17,19). The lowest BCUT2D eigenvalue weighted by Crippen LogP contribution is -2.29. The average molecular weight is 282 g/mol.